The Hall–Kier alpha value is -1.42. The molecule has 4 heteroatoms. The van der Waals surface area contributed by atoms with Crippen molar-refractivity contribution in [2.45, 2.75) is 57.0 Å². The lowest BCUT2D eigenvalue weighted by molar-refractivity contribution is -0.128. The van der Waals surface area contributed by atoms with Gasteiger partial charge < -0.3 is 11.1 Å². The number of hydrogen-bond donors (Lipinski definition) is 2. The van der Waals surface area contributed by atoms with Crippen molar-refractivity contribution in [3.8, 4) is 0 Å². The van der Waals surface area contributed by atoms with E-state index < -0.39 is 5.54 Å². The molecule has 3 N–H and O–H groups in total. The van der Waals surface area contributed by atoms with Gasteiger partial charge in [-0.3, -0.25) is 4.79 Å². The van der Waals surface area contributed by atoms with Crippen LogP contribution in [0.1, 0.15) is 56.2 Å². The summed E-state index contributed by atoms with van der Waals surface area (Å²) in [5.41, 5.74) is 7.96. The summed E-state index contributed by atoms with van der Waals surface area (Å²) in [6, 6.07) is 4.85. The smallest absolute Gasteiger partial charge is 0.225 e. The molecule has 3 rings (SSSR count). The third-order valence-electron chi connectivity index (χ3n) is 5.07. The Morgan fingerprint density at radius 1 is 1.38 bits per heavy atom. The largest absolute Gasteiger partial charge is 0.349 e. The Labute approximate surface area is 125 Å². The van der Waals surface area contributed by atoms with Gasteiger partial charge in [-0.2, -0.15) is 0 Å². The van der Waals surface area contributed by atoms with Crippen LogP contribution in [0.2, 0.25) is 0 Å². The number of nitrogens with two attached hydrogens (primary N) is 1. The molecular weight excluding hydrogens is 267 g/mol. The number of nitrogens with one attached hydrogen (secondary N) is 1. The molecule has 0 spiro atoms. The fraction of sp³-hybridized carbons (Fsp3) is 0.588. The van der Waals surface area contributed by atoms with Crippen molar-refractivity contribution < 1.29 is 9.18 Å². The Balaban J connectivity index is 1.72. The van der Waals surface area contributed by atoms with Gasteiger partial charge in [-0.1, -0.05) is 18.9 Å². The van der Waals surface area contributed by atoms with E-state index >= 15 is 0 Å². The molecule has 3 unspecified atom stereocenters. The molecule has 1 amide bonds. The molecule has 1 aromatic rings. The first-order valence-electron chi connectivity index (χ1n) is 7.85. The zero-order valence-corrected chi connectivity index (χ0v) is 12.5. The molecule has 0 heterocycles. The van der Waals surface area contributed by atoms with Gasteiger partial charge in [0.2, 0.25) is 5.91 Å². The van der Waals surface area contributed by atoms with E-state index in [9.17, 15) is 9.18 Å². The lowest BCUT2D eigenvalue weighted by atomic mass is 9.74. The van der Waals surface area contributed by atoms with Crippen LogP contribution in [0.4, 0.5) is 4.39 Å². The molecule has 1 saturated carbocycles. The molecule has 3 nitrogen and oxygen atoms in total. The molecule has 21 heavy (non-hydrogen) atoms. The van der Waals surface area contributed by atoms with Crippen LogP contribution in [0.3, 0.4) is 0 Å². The van der Waals surface area contributed by atoms with E-state index in [1.54, 1.807) is 12.1 Å². The molecule has 2 aliphatic carbocycles. The Kier molecular flexibility index (Phi) is 3.74. The van der Waals surface area contributed by atoms with E-state index in [0.29, 0.717) is 0 Å². The lowest BCUT2D eigenvalue weighted by Crippen LogP contribution is -2.53. The highest BCUT2D eigenvalue weighted by Gasteiger charge is 2.39. The van der Waals surface area contributed by atoms with Gasteiger partial charge in [0.05, 0.1) is 12.0 Å². The van der Waals surface area contributed by atoms with Gasteiger partial charge in [-0.05, 0) is 55.9 Å². The predicted molar refractivity (Wildman–Crippen MR) is 80.2 cm³/mol. The van der Waals surface area contributed by atoms with E-state index in [1.165, 1.54) is 6.07 Å². The van der Waals surface area contributed by atoms with Crippen molar-refractivity contribution in [3.63, 3.8) is 0 Å². The highest BCUT2D eigenvalue weighted by molar-refractivity contribution is 5.80. The number of aryl methyl sites for hydroxylation is 1. The van der Waals surface area contributed by atoms with Crippen LogP contribution >= 0.6 is 0 Å². The minimum atomic E-state index is -0.410. The summed E-state index contributed by atoms with van der Waals surface area (Å²) in [6.45, 7) is 1.98. The number of halogens is 1. The summed E-state index contributed by atoms with van der Waals surface area (Å²) in [6.07, 6.45) is 5.60. The van der Waals surface area contributed by atoms with Crippen LogP contribution in [0.25, 0.3) is 0 Å². The van der Waals surface area contributed by atoms with Gasteiger partial charge in [-0.25, -0.2) is 4.39 Å². The average Bonchev–Trinajstić information content (AvgIpc) is 2.80. The normalized spacial score (nSPS) is 31.8. The fourth-order valence-electron chi connectivity index (χ4n) is 3.80. The second-order valence-electron chi connectivity index (χ2n) is 6.75. The summed E-state index contributed by atoms with van der Waals surface area (Å²) in [5, 5.41) is 3.14. The maximum Gasteiger partial charge on any atom is 0.225 e. The van der Waals surface area contributed by atoms with E-state index in [0.717, 1.165) is 49.7 Å². The molecule has 1 aromatic carbocycles. The van der Waals surface area contributed by atoms with Gasteiger partial charge in [0.1, 0.15) is 5.82 Å². The molecule has 2 aliphatic rings. The molecule has 0 aliphatic heterocycles. The van der Waals surface area contributed by atoms with Crippen molar-refractivity contribution in [3.05, 3.63) is 35.1 Å². The summed E-state index contributed by atoms with van der Waals surface area (Å²) in [4.78, 5) is 12.6. The zero-order valence-electron chi connectivity index (χ0n) is 12.5. The maximum atomic E-state index is 13.2. The molecule has 0 aromatic heterocycles. The van der Waals surface area contributed by atoms with Crippen LogP contribution in [0.5, 0.6) is 0 Å². The Morgan fingerprint density at radius 2 is 2.19 bits per heavy atom. The van der Waals surface area contributed by atoms with Crippen LogP contribution in [0, 0.1) is 11.7 Å². The minimum absolute atomic E-state index is 0.00539. The number of carbonyl (C=O) groups excluding carboxylic acids is 1. The monoisotopic (exact) mass is 290 g/mol. The Morgan fingerprint density at radius 3 is 2.95 bits per heavy atom. The second-order valence-corrected chi connectivity index (χ2v) is 6.75. The number of rotatable bonds is 2. The fourth-order valence-corrected chi connectivity index (χ4v) is 3.80. The van der Waals surface area contributed by atoms with Crippen LogP contribution in [-0.2, 0) is 11.2 Å². The van der Waals surface area contributed by atoms with Gasteiger partial charge in [0.25, 0.3) is 0 Å². The number of carbonyl (C=O) groups is 1. The summed E-state index contributed by atoms with van der Waals surface area (Å²) in [5.74, 6) is -0.264. The molecule has 1 fully saturated rings. The highest BCUT2D eigenvalue weighted by Crippen LogP contribution is 2.35. The number of fused-ring (bicyclic) bond motifs is 1. The minimum Gasteiger partial charge on any atom is -0.349 e. The highest BCUT2D eigenvalue weighted by atomic mass is 19.1. The van der Waals surface area contributed by atoms with Crippen LogP contribution in [0.15, 0.2) is 18.2 Å². The molecule has 0 saturated heterocycles. The van der Waals surface area contributed by atoms with E-state index in [1.807, 2.05) is 6.92 Å². The number of amides is 1. The van der Waals surface area contributed by atoms with Crippen molar-refractivity contribution in [1.82, 2.24) is 5.32 Å². The maximum absolute atomic E-state index is 13.2. The number of benzene rings is 1. The lowest BCUT2D eigenvalue weighted by Gasteiger charge is -2.37. The van der Waals surface area contributed by atoms with E-state index in [2.05, 4.69) is 5.32 Å². The van der Waals surface area contributed by atoms with E-state index in [-0.39, 0.29) is 23.7 Å². The van der Waals surface area contributed by atoms with Gasteiger partial charge >= 0.3 is 0 Å². The zero-order chi connectivity index (χ0) is 15.0. The van der Waals surface area contributed by atoms with Crippen molar-refractivity contribution in [1.29, 1.82) is 0 Å². The van der Waals surface area contributed by atoms with Crippen LogP contribution in [-0.4, -0.2) is 11.4 Å². The Bertz CT molecular complexity index is 556. The molecule has 0 radical (unpaired) electrons. The average molecular weight is 290 g/mol. The quantitative estimate of drug-likeness (QED) is 0.880. The van der Waals surface area contributed by atoms with Gasteiger partial charge in [-0.15, -0.1) is 0 Å². The second kappa shape index (κ2) is 5.41. The van der Waals surface area contributed by atoms with Gasteiger partial charge in [0, 0.05) is 5.54 Å². The number of hydrogen-bond acceptors (Lipinski definition) is 2. The first kappa shape index (κ1) is 14.5. The summed E-state index contributed by atoms with van der Waals surface area (Å²) in [7, 11) is 0. The molecule has 114 valence electrons. The summed E-state index contributed by atoms with van der Waals surface area (Å²) >= 11 is 0. The predicted octanol–water partition coefficient (Wildman–Crippen LogP) is 2.84. The van der Waals surface area contributed by atoms with Crippen molar-refractivity contribution in [2.75, 3.05) is 0 Å². The first-order valence-corrected chi connectivity index (χ1v) is 7.85. The van der Waals surface area contributed by atoms with Crippen LogP contribution < -0.4 is 11.1 Å². The molecule has 3 atom stereocenters. The molecule has 0 bridgehead atoms. The molecular formula is C17H23FN2O. The topological polar surface area (TPSA) is 55.1 Å². The summed E-state index contributed by atoms with van der Waals surface area (Å²) < 4.78 is 13.2. The standard InChI is InChI=1S/C17H23FN2O/c1-17(19)9-3-2-4-14(17)16(21)20-15-8-5-11-10-12(18)6-7-13(11)15/h6-7,10,14-15H,2-5,8-9,19H2,1H3,(H,20,21). The van der Waals surface area contributed by atoms with Crippen molar-refractivity contribution >= 4 is 5.91 Å². The first-order chi connectivity index (χ1) is 9.97. The third-order valence-corrected chi connectivity index (χ3v) is 5.07. The van der Waals surface area contributed by atoms with Gasteiger partial charge in [0.15, 0.2) is 0 Å². The third kappa shape index (κ3) is 2.82. The SMILES string of the molecule is CC1(N)CCCCC1C(=O)NC1CCc2cc(F)ccc21. The van der Waals surface area contributed by atoms with Crippen molar-refractivity contribution in [2.24, 2.45) is 11.7 Å². The van der Waals surface area contributed by atoms with E-state index in [4.69, 9.17) is 5.73 Å².